The predicted octanol–water partition coefficient (Wildman–Crippen LogP) is 8.47. The van der Waals surface area contributed by atoms with Gasteiger partial charge in [0.1, 0.15) is 0 Å². The minimum Gasteiger partial charge on any atom is -0.388 e. The molecule has 13 heteroatoms. The van der Waals surface area contributed by atoms with Crippen LogP contribution in [0.25, 0.3) is 0 Å². The van der Waals surface area contributed by atoms with Crippen molar-refractivity contribution in [3.05, 3.63) is 75.9 Å². The topological polar surface area (TPSA) is 74.6 Å². The Bertz CT molecular complexity index is 1680. The molecule has 2 aromatic heterocycles. The summed E-state index contributed by atoms with van der Waals surface area (Å²) in [6, 6.07) is 4.04. The van der Waals surface area contributed by atoms with E-state index in [4.69, 9.17) is 9.72 Å². The highest BCUT2D eigenvalue weighted by Crippen LogP contribution is 2.52. The van der Waals surface area contributed by atoms with Gasteiger partial charge in [0, 0.05) is 61.8 Å². The van der Waals surface area contributed by atoms with Crippen LogP contribution in [0.4, 0.5) is 38.0 Å². The molecule has 7 rings (SSSR count). The summed E-state index contributed by atoms with van der Waals surface area (Å²) in [5.41, 5.74) is 2.23. The second-order valence-corrected chi connectivity index (χ2v) is 15.5. The van der Waals surface area contributed by atoms with Gasteiger partial charge in [0.25, 0.3) is 0 Å². The maximum absolute atomic E-state index is 17.3. The maximum atomic E-state index is 17.3. The number of morpholine rings is 1. The van der Waals surface area contributed by atoms with E-state index in [0.717, 1.165) is 43.0 Å². The number of aliphatic hydroxyl groups excluding tert-OH is 1. The van der Waals surface area contributed by atoms with Crippen molar-refractivity contribution in [2.45, 2.75) is 101 Å². The minimum absolute atomic E-state index is 0.0326. The zero-order chi connectivity index (χ0) is 36.1. The lowest BCUT2D eigenvalue weighted by Crippen LogP contribution is -2.37. The summed E-state index contributed by atoms with van der Waals surface area (Å²) in [5, 5.41) is 11.6. The van der Waals surface area contributed by atoms with Gasteiger partial charge in [0.15, 0.2) is 6.17 Å². The standard InChI is InChI=1S/C38H45F6N5O2/c1-36(2)19-28-31(29(50)20-36)30(23-7-11-37(40,41)12-8-23)32(33(39)24-3-5-26(6-4-24)38(42,43)44)34(47-28)25-9-13-49(14-10-25)35-45-21-27(22-46-35)48-15-17-51-18-16-48/h3-6,21-23,25,29,33,50H,7-20H2,1-2H3/t29-,33?/m0/s1. The van der Waals surface area contributed by atoms with Gasteiger partial charge in [0.2, 0.25) is 11.9 Å². The van der Waals surface area contributed by atoms with Crippen LogP contribution in [0.15, 0.2) is 36.7 Å². The van der Waals surface area contributed by atoms with Crippen LogP contribution >= 0.6 is 0 Å². The number of hydrogen-bond acceptors (Lipinski definition) is 7. The molecule has 1 N–H and O–H groups in total. The van der Waals surface area contributed by atoms with E-state index in [1.807, 2.05) is 26.2 Å². The van der Waals surface area contributed by atoms with Gasteiger partial charge in [-0.05, 0) is 73.1 Å². The van der Waals surface area contributed by atoms with Crippen LogP contribution in [-0.4, -0.2) is 65.4 Å². The monoisotopic (exact) mass is 717 g/mol. The van der Waals surface area contributed by atoms with Gasteiger partial charge in [-0.3, -0.25) is 4.98 Å². The van der Waals surface area contributed by atoms with Crippen LogP contribution in [0.1, 0.15) is 122 Å². The summed E-state index contributed by atoms with van der Waals surface area (Å²) in [7, 11) is 0. The molecule has 0 amide bonds. The number of anilines is 2. The number of nitrogens with zero attached hydrogens (tertiary/aromatic N) is 5. The zero-order valence-corrected chi connectivity index (χ0v) is 29.0. The number of alkyl halides is 6. The second-order valence-electron chi connectivity index (χ2n) is 15.5. The molecule has 3 fully saturated rings. The molecule has 2 aliphatic carbocycles. The molecule has 1 aromatic carbocycles. The van der Waals surface area contributed by atoms with Gasteiger partial charge in [-0.15, -0.1) is 0 Å². The summed E-state index contributed by atoms with van der Waals surface area (Å²) in [6.45, 7) is 8.05. The lowest BCUT2D eigenvalue weighted by atomic mass is 9.68. The Morgan fingerprint density at radius 1 is 0.863 bits per heavy atom. The van der Waals surface area contributed by atoms with Gasteiger partial charge in [0.05, 0.1) is 48.7 Å². The van der Waals surface area contributed by atoms with Gasteiger partial charge in [-0.25, -0.2) is 23.1 Å². The van der Waals surface area contributed by atoms with Crippen LogP contribution in [0.3, 0.4) is 0 Å². The first-order valence-corrected chi connectivity index (χ1v) is 18.0. The van der Waals surface area contributed by atoms with Crippen molar-refractivity contribution in [1.29, 1.82) is 0 Å². The van der Waals surface area contributed by atoms with Crippen molar-refractivity contribution in [1.82, 2.24) is 15.0 Å². The Balaban J connectivity index is 1.26. The largest absolute Gasteiger partial charge is 0.416 e. The molecule has 51 heavy (non-hydrogen) atoms. The van der Waals surface area contributed by atoms with Crippen LogP contribution in [-0.2, 0) is 17.3 Å². The van der Waals surface area contributed by atoms with E-state index < -0.39 is 35.9 Å². The van der Waals surface area contributed by atoms with Crippen molar-refractivity contribution >= 4 is 11.6 Å². The number of fused-ring (bicyclic) bond motifs is 1. The maximum Gasteiger partial charge on any atom is 0.416 e. The van der Waals surface area contributed by atoms with Crippen molar-refractivity contribution in [2.75, 3.05) is 49.2 Å². The summed E-state index contributed by atoms with van der Waals surface area (Å²) in [5.74, 6) is -2.90. The van der Waals surface area contributed by atoms with Crippen molar-refractivity contribution in [3.8, 4) is 0 Å². The molecule has 0 radical (unpaired) electrons. The van der Waals surface area contributed by atoms with Crippen LogP contribution in [0.5, 0.6) is 0 Å². The third-order valence-electron chi connectivity index (χ3n) is 11.2. The molecule has 2 saturated heterocycles. The van der Waals surface area contributed by atoms with E-state index >= 15 is 4.39 Å². The van der Waals surface area contributed by atoms with Crippen LogP contribution in [0.2, 0.25) is 0 Å². The second kappa shape index (κ2) is 13.8. The summed E-state index contributed by atoms with van der Waals surface area (Å²) in [4.78, 5) is 18.7. The van der Waals surface area contributed by atoms with E-state index in [9.17, 15) is 27.1 Å². The van der Waals surface area contributed by atoms with Crippen molar-refractivity contribution < 1.29 is 36.2 Å². The van der Waals surface area contributed by atoms with Crippen LogP contribution < -0.4 is 9.80 Å². The third kappa shape index (κ3) is 7.56. The molecule has 7 nitrogen and oxygen atoms in total. The molecule has 1 unspecified atom stereocenters. The first kappa shape index (κ1) is 35.9. The number of piperidine rings is 1. The lowest BCUT2D eigenvalue weighted by Gasteiger charge is -2.41. The molecule has 4 heterocycles. The Kier molecular flexibility index (Phi) is 9.75. The highest BCUT2D eigenvalue weighted by Gasteiger charge is 2.44. The van der Waals surface area contributed by atoms with E-state index in [1.54, 1.807) is 0 Å². The van der Waals surface area contributed by atoms with E-state index in [-0.39, 0.29) is 48.1 Å². The first-order chi connectivity index (χ1) is 24.2. The summed E-state index contributed by atoms with van der Waals surface area (Å²) < 4.78 is 92.1. The molecule has 4 aliphatic rings. The normalized spacial score (nSPS) is 23.6. The zero-order valence-electron chi connectivity index (χ0n) is 29.0. The minimum atomic E-state index is -4.58. The highest BCUT2D eigenvalue weighted by molar-refractivity contribution is 5.52. The highest BCUT2D eigenvalue weighted by atomic mass is 19.4. The molecular weight excluding hydrogens is 672 g/mol. The molecule has 1 saturated carbocycles. The average Bonchev–Trinajstić information content (AvgIpc) is 3.10. The quantitative estimate of drug-likeness (QED) is 0.257. The van der Waals surface area contributed by atoms with Crippen LogP contribution in [0, 0.1) is 5.41 Å². The fraction of sp³-hybridized carbons (Fsp3) is 0.605. The fourth-order valence-corrected chi connectivity index (χ4v) is 8.53. The predicted molar refractivity (Wildman–Crippen MR) is 181 cm³/mol. The van der Waals surface area contributed by atoms with Gasteiger partial charge in [-0.2, -0.15) is 13.2 Å². The average molecular weight is 718 g/mol. The SMILES string of the molecule is CC1(C)Cc2nc(C3CCN(c4ncc(N5CCOCC5)cn4)CC3)c(C(F)c3ccc(C(F)(F)F)cc3)c(C3CCC(F)(F)CC3)c2[C@@H](O)C1. The molecule has 2 aliphatic heterocycles. The molecule has 3 aromatic rings. The number of benzene rings is 1. The summed E-state index contributed by atoms with van der Waals surface area (Å²) in [6.07, 6.45) is -2.18. The Labute approximate surface area is 294 Å². The van der Waals surface area contributed by atoms with Gasteiger partial charge in [-0.1, -0.05) is 26.0 Å². The Morgan fingerprint density at radius 2 is 1.49 bits per heavy atom. The number of halogens is 6. The molecule has 276 valence electrons. The number of hydrogen-bond donors (Lipinski definition) is 1. The molecule has 0 bridgehead atoms. The smallest absolute Gasteiger partial charge is 0.388 e. The van der Waals surface area contributed by atoms with E-state index in [0.29, 0.717) is 80.4 Å². The molecular formula is C38H45F6N5O2. The van der Waals surface area contributed by atoms with Gasteiger partial charge < -0.3 is 19.6 Å². The number of aliphatic hydroxyl groups is 1. The Hall–Kier alpha value is -3.45. The molecule has 0 spiro atoms. The third-order valence-corrected chi connectivity index (χ3v) is 11.2. The van der Waals surface area contributed by atoms with E-state index in [2.05, 4.69) is 19.8 Å². The van der Waals surface area contributed by atoms with E-state index in [1.165, 1.54) is 0 Å². The van der Waals surface area contributed by atoms with Crippen molar-refractivity contribution in [3.63, 3.8) is 0 Å². The number of ether oxygens (including phenoxy) is 1. The molecule has 2 atom stereocenters. The van der Waals surface area contributed by atoms with Crippen molar-refractivity contribution in [2.24, 2.45) is 5.41 Å². The number of rotatable bonds is 6. The number of aromatic nitrogens is 3. The lowest BCUT2D eigenvalue weighted by molar-refractivity contribution is -0.137. The Morgan fingerprint density at radius 3 is 2.10 bits per heavy atom. The summed E-state index contributed by atoms with van der Waals surface area (Å²) >= 11 is 0. The first-order valence-electron chi connectivity index (χ1n) is 18.0. The number of pyridine rings is 1. The van der Waals surface area contributed by atoms with Gasteiger partial charge >= 0.3 is 6.18 Å². The fourth-order valence-electron chi connectivity index (χ4n) is 8.53.